The summed E-state index contributed by atoms with van der Waals surface area (Å²) in [4.78, 5) is 21.2. The van der Waals surface area contributed by atoms with Gasteiger partial charge in [0.15, 0.2) is 0 Å². The van der Waals surface area contributed by atoms with E-state index in [9.17, 15) is 31.1 Å². The van der Waals surface area contributed by atoms with Crippen LogP contribution in [0.5, 0.6) is 0 Å². The van der Waals surface area contributed by atoms with Gasteiger partial charge in [-0.15, -0.1) is 0 Å². The lowest BCUT2D eigenvalue weighted by atomic mass is 9.98. The molecule has 1 aromatic carbocycles. The molecular formula is C26H32F6N4OS. The van der Waals surface area contributed by atoms with Gasteiger partial charge in [-0.25, -0.2) is 0 Å². The van der Waals surface area contributed by atoms with Crippen molar-refractivity contribution in [3.63, 3.8) is 0 Å². The molecular weight excluding hydrogens is 530 g/mol. The third-order valence-corrected chi connectivity index (χ3v) is 7.91. The van der Waals surface area contributed by atoms with E-state index in [-0.39, 0.29) is 29.0 Å². The first-order chi connectivity index (χ1) is 18.0. The van der Waals surface area contributed by atoms with Crippen LogP contribution in [0.15, 0.2) is 53.1 Å². The van der Waals surface area contributed by atoms with Crippen molar-refractivity contribution >= 4 is 23.4 Å². The third-order valence-electron chi connectivity index (χ3n) is 7.17. The second kappa shape index (κ2) is 12.2. The van der Waals surface area contributed by atoms with E-state index < -0.39 is 17.6 Å². The molecule has 0 radical (unpaired) electrons. The number of benzene rings is 1. The quantitative estimate of drug-likeness (QED) is 0.330. The number of alkyl halides is 6. The fourth-order valence-corrected chi connectivity index (χ4v) is 5.54. The highest BCUT2D eigenvalue weighted by molar-refractivity contribution is 8.00. The summed E-state index contributed by atoms with van der Waals surface area (Å²) in [6.07, 6.45) is 1.49. The number of hydrogen-bond donors (Lipinski definition) is 0. The summed E-state index contributed by atoms with van der Waals surface area (Å²) in [6.45, 7) is 6.33. The molecule has 12 heteroatoms. The van der Waals surface area contributed by atoms with Gasteiger partial charge in [-0.2, -0.15) is 26.3 Å². The number of rotatable bonds is 7. The zero-order chi connectivity index (χ0) is 27.3. The minimum absolute atomic E-state index is 0.0146. The number of amides is 1. The van der Waals surface area contributed by atoms with Crippen LogP contribution in [0.4, 0.5) is 32.0 Å². The van der Waals surface area contributed by atoms with E-state index in [2.05, 4.69) is 14.7 Å². The fraction of sp³-hybridized carbons (Fsp3) is 0.577. The zero-order valence-electron chi connectivity index (χ0n) is 21.0. The second-order valence-electron chi connectivity index (χ2n) is 9.71. The number of hydrogen-bond acceptors (Lipinski definition) is 5. The maximum Gasteiger partial charge on any atom is 0.446 e. The average Bonchev–Trinajstić information content (AvgIpc) is 2.88. The highest BCUT2D eigenvalue weighted by atomic mass is 32.2. The summed E-state index contributed by atoms with van der Waals surface area (Å²) in [7, 11) is 0. The molecule has 0 saturated carbocycles. The second-order valence-corrected chi connectivity index (χ2v) is 10.9. The van der Waals surface area contributed by atoms with Crippen LogP contribution in [-0.4, -0.2) is 91.2 Å². The normalized spacial score (nSPS) is 21.6. The molecule has 3 aliphatic rings. The highest BCUT2D eigenvalue weighted by Crippen LogP contribution is 2.37. The largest absolute Gasteiger partial charge is 0.446 e. The number of halogens is 6. The summed E-state index contributed by atoms with van der Waals surface area (Å²) in [5.41, 5.74) is -2.60. The van der Waals surface area contributed by atoms with E-state index in [1.54, 1.807) is 24.3 Å². The number of piperazine rings is 2. The Kier molecular flexibility index (Phi) is 9.23. The first-order valence-electron chi connectivity index (χ1n) is 12.8. The molecule has 2 heterocycles. The molecule has 0 spiro atoms. The third kappa shape index (κ3) is 8.08. The van der Waals surface area contributed by atoms with Crippen molar-refractivity contribution in [1.29, 1.82) is 0 Å². The minimum Gasteiger partial charge on any atom is -0.369 e. The van der Waals surface area contributed by atoms with Crippen molar-refractivity contribution in [3.8, 4) is 0 Å². The van der Waals surface area contributed by atoms with E-state index in [1.807, 2.05) is 4.90 Å². The van der Waals surface area contributed by atoms with Crippen LogP contribution in [-0.2, 0) is 4.79 Å². The van der Waals surface area contributed by atoms with E-state index in [0.29, 0.717) is 32.6 Å². The van der Waals surface area contributed by atoms with E-state index in [1.165, 1.54) is 18.2 Å². The van der Waals surface area contributed by atoms with E-state index >= 15 is 0 Å². The number of thioether (sulfide) groups is 1. The number of nitrogens with zero attached hydrogens (tertiary/aromatic N) is 4. The molecule has 1 atom stereocenters. The van der Waals surface area contributed by atoms with Crippen LogP contribution in [0.3, 0.4) is 0 Å². The Balaban J connectivity index is 1.12. The number of carbonyl (C=O) groups excluding carboxylic acids is 1. The van der Waals surface area contributed by atoms with Gasteiger partial charge in [0, 0.05) is 75.1 Å². The van der Waals surface area contributed by atoms with Crippen molar-refractivity contribution < 1.29 is 31.1 Å². The summed E-state index contributed by atoms with van der Waals surface area (Å²) in [5, 5.41) is 0. The van der Waals surface area contributed by atoms with Gasteiger partial charge >= 0.3 is 11.7 Å². The zero-order valence-corrected chi connectivity index (χ0v) is 21.8. The summed E-state index contributed by atoms with van der Waals surface area (Å²) in [6, 6.07) is 6.31. The van der Waals surface area contributed by atoms with Crippen LogP contribution < -0.4 is 4.90 Å². The van der Waals surface area contributed by atoms with E-state index in [4.69, 9.17) is 0 Å². The molecule has 1 aliphatic carbocycles. The first-order valence-corrected chi connectivity index (χ1v) is 13.6. The Bertz CT molecular complexity index is 994. The lowest BCUT2D eigenvalue weighted by Gasteiger charge is -2.38. The predicted molar refractivity (Wildman–Crippen MR) is 136 cm³/mol. The Labute approximate surface area is 223 Å². The maximum absolute atomic E-state index is 12.8. The Morgan fingerprint density at radius 2 is 1.50 bits per heavy atom. The first kappa shape index (κ1) is 28.7. The van der Waals surface area contributed by atoms with Crippen molar-refractivity contribution in [2.45, 2.75) is 35.8 Å². The van der Waals surface area contributed by atoms with Crippen molar-refractivity contribution in [1.82, 2.24) is 14.7 Å². The molecule has 2 saturated heterocycles. The average molecular weight is 563 g/mol. The summed E-state index contributed by atoms with van der Waals surface area (Å²) in [5.74, 6) is -1.29. The number of allylic oxidation sites excluding steroid dienone is 3. The summed E-state index contributed by atoms with van der Waals surface area (Å²) >= 11 is -0.131. The van der Waals surface area contributed by atoms with Crippen LogP contribution in [0, 0.1) is 5.92 Å². The van der Waals surface area contributed by atoms with Gasteiger partial charge in [0.2, 0.25) is 5.91 Å². The van der Waals surface area contributed by atoms with Crippen molar-refractivity contribution in [3.05, 3.63) is 48.2 Å². The van der Waals surface area contributed by atoms with Gasteiger partial charge in [0.1, 0.15) is 0 Å². The molecule has 1 amide bonds. The van der Waals surface area contributed by atoms with E-state index in [0.717, 1.165) is 50.5 Å². The van der Waals surface area contributed by atoms with Gasteiger partial charge in [-0.3, -0.25) is 9.69 Å². The molecule has 5 nitrogen and oxygen atoms in total. The van der Waals surface area contributed by atoms with Crippen molar-refractivity contribution in [2.75, 3.05) is 63.8 Å². The SMILES string of the molecule is O=C(CCCN1CCN(C2=CCC(C(F)(F)F)C=C2)CC1)N1CCN(c2ccc(SC(F)(F)F)cc2)CC1. The van der Waals surface area contributed by atoms with Crippen LogP contribution in [0.2, 0.25) is 0 Å². The predicted octanol–water partition coefficient (Wildman–Crippen LogP) is 5.37. The fourth-order valence-electron chi connectivity index (χ4n) is 5.00. The topological polar surface area (TPSA) is 30.0 Å². The highest BCUT2D eigenvalue weighted by Gasteiger charge is 2.38. The smallest absolute Gasteiger partial charge is 0.369 e. The molecule has 2 fully saturated rings. The van der Waals surface area contributed by atoms with Gasteiger partial charge in [0.05, 0.1) is 5.92 Å². The molecule has 38 heavy (non-hydrogen) atoms. The minimum atomic E-state index is -4.31. The van der Waals surface area contributed by atoms with Gasteiger partial charge in [-0.1, -0.05) is 12.2 Å². The van der Waals surface area contributed by atoms with Crippen LogP contribution >= 0.6 is 11.8 Å². The monoisotopic (exact) mass is 562 g/mol. The lowest BCUT2D eigenvalue weighted by molar-refractivity contribution is -0.160. The van der Waals surface area contributed by atoms with Gasteiger partial charge in [-0.05, 0) is 61.5 Å². The molecule has 2 aliphatic heterocycles. The standard InChI is InChI=1S/C26H32F6N4OS/c27-25(28,29)20-3-5-21(6-4-20)34-14-12-33(13-15-34)11-1-2-24(37)36-18-16-35(17-19-36)22-7-9-23(10-8-22)38-26(30,31)32/h3,5-10,20H,1-2,4,11-19H2. The molecule has 0 bridgehead atoms. The van der Waals surface area contributed by atoms with Crippen LogP contribution in [0.1, 0.15) is 19.3 Å². The Hall–Kier alpha value is -2.34. The van der Waals surface area contributed by atoms with Crippen molar-refractivity contribution in [2.24, 2.45) is 5.92 Å². The van der Waals surface area contributed by atoms with Crippen LogP contribution in [0.25, 0.3) is 0 Å². The molecule has 4 rings (SSSR count). The summed E-state index contributed by atoms with van der Waals surface area (Å²) < 4.78 is 76.1. The molecule has 1 aromatic rings. The maximum atomic E-state index is 12.8. The molecule has 0 N–H and O–H groups in total. The Morgan fingerprint density at radius 3 is 2.05 bits per heavy atom. The van der Waals surface area contributed by atoms with Gasteiger partial charge in [0.25, 0.3) is 0 Å². The van der Waals surface area contributed by atoms with Gasteiger partial charge < -0.3 is 14.7 Å². The number of anilines is 1. The lowest BCUT2D eigenvalue weighted by Crippen LogP contribution is -2.49. The molecule has 210 valence electrons. The molecule has 0 aromatic heterocycles. The Morgan fingerprint density at radius 1 is 0.868 bits per heavy atom. The molecule has 1 unspecified atom stereocenters. The number of carbonyl (C=O) groups is 1.